The molecule has 0 fully saturated rings. The van der Waals surface area contributed by atoms with Gasteiger partial charge in [0.25, 0.3) is 5.91 Å². The standard InChI is InChI=1S/C17H19N3O4S2/c1-3-18-17(23)20-15(21)8-24-16(22)13-6-4-5-7-14(13)26-10-12-9-25-11(2)19-12/h4-7,9H,3,8,10H2,1-2H3,(H2,18,20,21,23). The van der Waals surface area contributed by atoms with Gasteiger partial charge in [-0.2, -0.15) is 0 Å². The van der Waals surface area contributed by atoms with Crippen molar-refractivity contribution >= 4 is 41.0 Å². The van der Waals surface area contributed by atoms with Crippen molar-refractivity contribution in [3.8, 4) is 0 Å². The Hall–Kier alpha value is -2.39. The Bertz CT molecular complexity index is 792. The topological polar surface area (TPSA) is 97.4 Å². The van der Waals surface area contributed by atoms with Crippen LogP contribution in [0.3, 0.4) is 0 Å². The van der Waals surface area contributed by atoms with Crippen molar-refractivity contribution in [2.45, 2.75) is 24.5 Å². The molecular formula is C17H19N3O4S2. The van der Waals surface area contributed by atoms with Crippen LogP contribution in [0.5, 0.6) is 0 Å². The van der Waals surface area contributed by atoms with Gasteiger partial charge in [0.1, 0.15) is 0 Å². The first kappa shape index (κ1) is 19.9. The lowest BCUT2D eigenvalue weighted by molar-refractivity contribution is -0.123. The van der Waals surface area contributed by atoms with E-state index in [1.165, 1.54) is 11.8 Å². The van der Waals surface area contributed by atoms with E-state index in [9.17, 15) is 14.4 Å². The summed E-state index contributed by atoms with van der Waals surface area (Å²) < 4.78 is 5.01. The van der Waals surface area contributed by atoms with Crippen LogP contribution in [-0.4, -0.2) is 36.0 Å². The quantitative estimate of drug-likeness (QED) is 0.555. The molecule has 2 rings (SSSR count). The summed E-state index contributed by atoms with van der Waals surface area (Å²) >= 11 is 3.05. The highest BCUT2D eigenvalue weighted by atomic mass is 32.2. The number of esters is 1. The minimum atomic E-state index is -0.688. The van der Waals surface area contributed by atoms with Crippen molar-refractivity contribution in [3.05, 3.63) is 45.9 Å². The predicted molar refractivity (Wildman–Crippen MR) is 100 cm³/mol. The second-order valence-electron chi connectivity index (χ2n) is 5.13. The van der Waals surface area contributed by atoms with Crippen molar-refractivity contribution in [1.29, 1.82) is 0 Å². The molecule has 0 radical (unpaired) electrons. The molecule has 0 saturated carbocycles. The lowest BCUT2D eigenvalue weighted by Crippen LogP contribution is -2.41. The second kappa shape index (κ2) is 9.93. The number of aromatic nitrogens is 1. The van der Waals surface area contributed by atoms with Gasteiger partial charge < -0.3 is 10.1 Å². The van der Waals surface area contributed by atoms with Crippen LogP contribution in [0.1, 0.15) is 28.0 Å². The number of hydrogen-bond acceptors (Lipinski definition) is 7. The number of nitrogens with one attached hydrogen (secondary N) is 2. The largest absolute Gasteiger partial charge is 0.452 e. The third-order valence-corrected chi connectivity index (χ3v) is 5.00. The number of rotatable bonds is 7. The minimum absolute atomic E-state index is 0.371. The van der Waals surface area contributed by atoms with Crippen molar-refractivity contribution in [3.63, 3.8) is 0 Å². The lowest BCUT2D eigenvalue weighted by Gasteiger charge is -2.09. The third kappa shape index (κ3) is 6.16. The van der Waals surface area contributed by atoms with Crippen LogP contribution in [0.15, 0.2) is 34.5 Å². The molecule has 2 N–H and O–H groups in total. The number of amides is 3. The van der Waals surface area contributed by atoms with E-state index in [1.807, 2.05) is 24.4 Å². The molecule has 138 valence electrons. The SMILES string of the molecule is CCNC(=O)NC(=O)COC(=O)c1ccccc1SCc1csc(C)n1. The number of aryl methyl sites for hydroxylation is 1. The van der Waals surface area contributed by atoms with Gasteiger partial charge in [0.15, 0.2) is 6.61 Å². The van der Waals surface area contributed by atoms with Gasteiger partial charge >= 0.3 is 12.0 Å². The van der Waals surface area contributed by atoms with Gasteiger partial charge in [-0.25, -0.2) is 14.6 Å². The molecule has 0 bridgehead atoms. The van der Waals surface area contributed by atoms with Gasteiger partial charge in [-0.15, -0.1) is 23.1 Å². The van der Waals surface area contributed by atoms with Crippen LogP contribution in [-0.2, 0) is 15.3 Å². The van der Waals surface area contributed by atoms with E-state index in [-0.39, 0.29) is 0 Å². The molecule has 1 heterocycles. The normalized spacial score (nSPS) is 10.2. The summed E-state index contributed by atoms with van der Waals surface area (Å²) in [5, 5.41) is 7.46. The zero-order valence-corrected chi connectivity index (χ0v) is 16.0. The Labute approximate surface area is 159 Å². The van der Waals surface area contributed by atoms with Crippen molar-refractivity contribution in [1.82, 2.24) is 15.6 Å². The van der Waals surface area contributed by atoms with Gasteiger partial charge in [-0.1, -0.05) is 12.1 Å². The molecule has 1 aromatic heterocycles. The molecule has 7 nitrogen and oxygen atoms in total. The fourth-order valence-electron chi connectivity index (χ4n) is 1.96. The Kier molecular flexibility index (Phi) is 7.61. The average molecular weight is 393 g/mol. The van der Waals surface area contributed by atoms with E-state index in [4.69, 9.17) is 4.74 Å². The number of thioether (sulfide) groups is 1. The molecule has 3 amide bonds. The highest BCUT2D eigenvalue weighted by molar-refractivity contribution is 7.98. The van der Waals surface area contributed by atoms with Crippen molar-refractivity contribution in [2.75, 3.05) is 13.2 Å². The Morgan fingerprint density at radius 2 is 2.04 bits per heavy atom. The summed E-state index contributed by atoms with van der Waals surface area (Å²) in [6, 6.07) is 6.38. The van der Waals surface area contributed by atoms with Crippen LogP contribution >= 0.6 is 23.1 Å². The average Bonchev–Trinajstić information content (AvgIpc) is 3.03. The van der Waals surface area contributed by atoms with Gasteiger partial charge in [0, 0.05) is 22.6 Å². The molecule has 9 heteroatoms. The molecule has 26 heavy (non-hydrogen) atoms. The maximum atomic E-state index is 12.3. The van der Waals surface area contributed by atoms with E-state index in [0.29, 0.717) is 17.9 Å². The highest BCUT2D eigenvalue weighted by Gasteiger charge is 2.16. The smallest absolute Gasteiger partial charge is 0.339 e. The van der Waals surface area contributed by atoms with E-state index in [1.54, 1.807) is 30.4 Å². The first-order valence-electron chi connectivity index (χ1n) is 7.87. The number of urea groups is 1. The summed E-state index contributed by atoms with van der Waals surface area (Å²) in [4.78, 5) is 40.3. The summed E-state index contributed by atoms with van der Waals surface area (Å²) in [5.41, 5.74) is 1.32. The number of nitrogens with zero attached hydrogens (tertiary/aromatic N) is 1. The number of thiazole rings is 1. The maximum Gasteiger partial charge on any atom is 0.339 e. The van der Waals surface area contributed by atoms with Gasteiger partial charge in [0.05, 0.1) is 16.3 Å². The second-order valence-corrected chi connectivity index (χ2v) is 7.21. The Morgan fingerprint density at radius 1 is 1.27 bits per heavy atom. The molecule has 0 atom stereocenters. The van der Waals surface area contributed by atoms with E-state index in [0.717, 1.165) is 15.6 Å². The maximum absolute atomic E-state index is 12.3. The summed E-state index contributed by atoms with van der Waals surface area (Å²) in [6.45, 7) is 3.53. The van der Waals surface area contributed by atoms with Gasteiger partial charge in [-0.3, -0.25) is 10.1 Å². The molecule has 1 aromatic carbocycles. The highest BCUT2D eigenvalue weighted by Crippen LogP contribution is 2.27. The van der Waals surface area contributed by atoms with Crippen LogP contribution in [0, 0.1) is 6.92 Å². The zero-order chi connectivity index (χ0) is 18.9. The van der Waals surface area contributed by atoms with Crippen LogP contribution in [0.2, 0.25) is 0 Å². The lowest BCUT2D eigenvalue weighted by atomic mass is 10.2. The number of carbonyl (C=O) groups is 3. The molecule has 0 aliphatic heterocycles. The molecule has 0 aliphatic rings. The van der Waals surface area contributed by atoms with Crippen LogP contribution in [0.25, 0.3) is 0 Å². The van der Waals surface area contributed by atoms with E-state index >= 15 is 0 Å². The first-order chi connectivity index (χ1) is 12.5. The number of benzene rings is 1. The Balaban J connectivity index is 1.92. The monoisotopic (exact) mass is 393 g/mol. The van der Waals surface area contributed by atoms with Crippen molar-refractivity contribution in [2.24, 2.45) is 0 Å². The molecule has 2 aromatic rings. The zero-order valence-electron chi connectivity index (χ0n) is 14.4. The third-order valence-electron chi connectivity index (χ3n) is 3.07. The van der Waals surface area contributed by atoms with E-state index < -0.39 is 24.5 Å². The van der Waals surface area contributed by atoms with Gasteiger partial charge in [0.2, 0.25) is 0 Å². The number of ether oxygens (including phenoxy) is 1. The molecule has 0 saturated heterocycles. The van der Waals surface area contributed by atoms with Crippen molar-refractivity contribution < 1.29 is 19.1 Å². The van der Waals surface area contributed by atoms with Crippen LogP contribution < -0.4 is 10.6 Å². The summed E-state index contributed by atoms with van der Waals surface area (Å²) in [7, 11) is 0. The molecule has 0 aliphatic carbocycles. The summed E-state index contributed by atoms with van der Waals surface area (Å²) in [5.74, 6) is -0.673. The number of hydrogen-bond donors (Lipinski definition) is 2. The first-order valence-corrected chi connectivity index (χ1v) is 9.73. The Morgan fingerprint density at radius 3 is 2.73 bits per heavy atom. The fourth-order valence-corrected chi connectivity index (χ4v) is 3.61. The molecule has 0 unspecified atom stereocenters. The minimum Gasteiger partial charge on any atom is -0.452 e. The molecule has 0 spiro atoms. The fraction of sp³-hybridized carbons (Fsp3) is 0.294. The number of imide groups is 1. The van der Waals surface area contributed by atoms with Crippen LogP contribution in [0.4, 0.5) is 4.79 Å². The van der Waals surface area contributed by atoms with E-state index in [2.05, 4.69) is 15.6 Å². The predicted octanol–water partition coefficient (Wildman–Crippen LogP) is 2.75. The molecular weight excluding hydrogens is 374 g/mol. The summed E-state index contributed by atoms with van der Waals surface area (Å²) in [6.07, 6.45) is 0. The number of carbonyl (C=O) groups excluding carboxylic acids is 3. The van der Waals surface area contributed by atoms with Gasteiger partial charge in [-0.05, 0) is 26.0 Å².